The average molecular weight is 232 g/mol. The predicted octanol–water partition coefficient (Wildman–Crippen LogP) is 1.27. The van der Waals surface area contributed by atoms with Crippen LogP contribution in [-0.4, -0.2) is 19.3 Å². The molecule has 0 bridgehead atoms. The molecule has 1 fully saturated rings. The van der Waals surface area contributed by atoms with E-state index in [9.17, 15) is 0 Å². The van der Waals surface area contributed by atoms with E-state index in [1.165, 1.54) is 11.1 Å². The summed E-state index contributed by atoms with van der Waals surface area (Å²) >= 11 is 0. The summed E-state index contributed by atoms with van der Waals surface area (Å²) in [5.74, 6) is 6.97. The van der Waals surface area contributed by atoms with Crippen molar-refractivity contribution in [2.75, 3.05) is 13.2 Å². The molecule has 2 unspecified atom stereocenters. The molecular weight excluding hydrogens is 212 g/mol. The zero-order chi connectivity index (χ0) is 11.7. The molecule has 1 aromatic rings. The number of hydrogen-bond donors (Lipinski definition) is 2. The van der Waals surface area contributed by atoms with Gasteiger partial charge >= 0.3 is 0 Å². The number of nitrogens with one attached hydrogen (secondary N) is 1. The van der Waals surface area contributed by atoms with Gasteiger partial charge in [0.1, 0.15) is 0 Å². The van der Waals surface area contributed by atoms with Crippen molar-refractivity contribution in [3.63, 3.8) is 0 Å². The molecule has 3 nitrogen and oxygen atoms in total. The molecule has 0 aromatic heterocycles. The minimum Gasteiger partial charge on any atom is -0.381 e. The second-order valence-electron chi connectivity index (χ2n) is 5.25. The summed E-state index contributed by atoms with van der Waals surface area (Å²) in [5, 5.41) is 0. The van der Waals surface area contributed by atoms with Crippen LogP contribution in [0.15, 0.2) is 24.3 Å². The normalized spacial score (nSPS) is 26.1. The SMILES string of the molecule is NNC(C1CCOC1)C1Cc2ccccc2C1. The van der Waals surface area contributed by atoms with Gasteiger partial charge in [-0.3, -0.25) is 11.3 Å². The smallest absolute Gasteiger partial charge is 0.0510 e. The van der Waals surface area contributed by atoms with Gasteiger partial charge in [0.05, 0.1) is 6.61 Å². The molecule has 17 heavy (non-hydrogen) atoms. The average Bonchev–Trinajstić information content (AvgIpc) is 2.98. The van der Waals surface area contributed by atoms with Crippen LogP contribution in [0.25, 0.3) is 0 Å². The van der Waals surface area contributed by atoms with Gasteiger partial charge in [-0.2, -0.15) is 0 Å². The minimum absolute atomic E-state index is 0.393. The van der Waals surface area contributed by atoms with E-state index in [-0.39, 0.29) is 0 Å². The monoisotopic (exact) mass is 232 g/mol. The molecule has 0 saturated carbocycles. The van der Waals surface area contributed by atoms with Gasteiger partial charge in [-0.25, -0.2) is 0 Å². The van der Waals surface area contributed by atoms with Crippen molar-refractivity contribution in [2.45, 2.75) is 25.3 Å². The van der Waals surface area contributed by atoms with Gasteiger partial charge in [-0.1, -0.05) is 24.3 Å². The molecule has 1 saturated heterocycles. The predicted molar refractivity (Wildman–Crippen MR) is 67.4 cm³/mol. The maximum Gasteiger partial charge on any atom is 0.0510 e. The molecule has 92 valence electrons. The molecule has 1 aliphatic carbocycles. The molecule has 0 amide bonds. The Hall–Kier alpha value is -0.900. The zero-order valence-electron chi connectivity index (χ0n) is 10.1. The summed E-state index contributed by atoms with van der Waals surface area (Å²) < 4.78 is 5.48. The van der Waals surface area contributed by atoms with Crippen molar-refractivity contribution in [3.8, 4) is 0 Å². The topological polar surface area (TPSA) is 47.3 Å². The Balaban J connectivity index is 1.73. The molecule has 3 rings (SSSR count). The van der Waals surface area contributed by atoms with Crippen molar-refractivity contribution >= 4 is 0 Å². The van der Waals surface area contributed by atoms with Crippen LogP contribution in [0.5, 0.6) is 0 Å². The zero-order valence-corrected chi connectivity index (χ0v) is 10.1. The Morgan fingerprint density at radius 3 is 2.41 bits per heavy atom. The number of fused-ring (bicyclic) bond motifs is 1. The Kier molecular flexibility index (Phi) is 3.14. The fraction of sp³-hybridized carbons (Fsp3) is 0.571. The Labute approximate surface area is 102 Å². The lowest BCUT2D eigenvalue weighted by molar-refractivity contribution is 0.165. The maximum absolute atomic E-state index is 5.76. The van der Waals surface area contributed by atoms with Crippen molar-refractivity contribution in [1.29, 1.82) is 0 Å². The molecule has 1 heterocycles. The van der Waals surface area contributed by atoms with E-state index in [0.717, 1.165) is 32.5 Å². The summed E-state index contributed by atoms with van der Waals surface area (Å²) in [5.41, 5.74) is 6.03. The van der Waals surface area contributed by atoms with Crippen LogP contribution in [0.4, 0.5) is 0 Å². The second kappa shape index (κ2) is 4.77. The standard InChI is InChI=1S/C14H20N2O/c15-16-14(12-5-6-17-9-12)13-7-10-3-1-2-4-11(10)8-13/h1-4,12-14,16H,5-9,15H2. The summed E-state index contributed by atoms with van der Waals surface area (Å²) in [6, 6.07) is 9.14. The molecular formula is C14H20N2O. The van der Waals surface area contributed by atoms with Gasteiger partial charge in [0.15, 0.2) is 0 Å². The van der Waals surface area contributed by atoms with E-state index >= 15 is 0 Å². The fourth-order valence-electron chi connectivity index (χ4n) is 3.34. The molecule has 0 spiro atoms. The van der Waals surface area contributed by atoms with E-state index in [0.29, 0.717) is 17.9 Å². The van der Waals surface area contributed by atoms with Gasteiger partial charge in [0.2, 0.25) is 0 Å². The third-order valence-corrected chi connectivity index (χ3v) is 4.26. The molecule has 0 radical (unpaired) electrons. The maximum atomic E-state index is 5.76. The van der Waals surface area contributed by atoms with Gasteiger partial charge in [0.25, 0.3) is 0 Å². The molecule has 2 atom stereocenters. The van der Waals surface area contributed by atoms with Crippen LogP contribution in [0.1, 0.15) is 17.5 Å². The fourth-order valence-corrected chi connectivity index (χ4v) is 3.34. The van der Waals surface area contributed by atoms with Crippen LogP contribution in [0.3, 0.4) is 0 Å². The molecule has 1 aromatic carbocycles. The van der Waals surface area contributed by atoms with Crippen LogP contribution in [0.2, 0.25) is 0 Å². The minimum atomic E-state index is 0.393. The highest BCUT2D eigenvalue weighted by molar-refractivity contribution is 5.32. The highest BCUT2D eigenvalue weighted by atomic mass is 16.5. The van der Waals surface area contributed by atoms with Crippen LogP contribution >= 0.6 is 0 Å². The van der Waals surface area contributed by atoms with Gasteiger partial charge in [0, 0.05) is 18.6 Å². The third kappa shape index (κ3) is 2.10. The van der Waals surface area contributed by atoms with E-state index in [4.69, 9.17) is 10.6 Å². The second-order valence-corrected chi connectivity index (χ2v) is 5.25. The Bertz CT molecular complexity index is 363. The Morgan fingerprint density at radius 2 is 1.88 bits per heavy atom. The highest BCUT2D eigenvalue weighted by Crippen LogP contribution is 2.32. The highest BCUT2D eigenvalue weighted by Gasteiger charge is 2.34. The number of hydrazine groups is 1. The van der Waals surface area contributed by atoms with Crippen molar-refractivity contribution in [3.05, 3.63) is 35.4 Å². The summed E-state index contributed by atoms with van der Waals surface area (Å²) in [7, 11) is 0. The van der Waals surface area contributed by atoms with Crippen molar-refractivity contribution < 1.29 is 4.74 Å². The van der Waals surface area contributed by atoms with Gasteiger partial charge in [-0.15, -0.1) is 0 Å². The molecule has 2 aliphatic rings. The summed E-state index contributed by atoms with van der Waals surface area (Å²) in [6.07, 6.45) is 3.45. The number of ether oxygens (including phenoxy) is 1. The first-order chi connectivity index (χ1) is 8.38. The van der Waals surface area contributed by atoms with Crippen LogP contribution in [0, 0.1) is 11.8 Å². The first-order valence-corrected chi connectivity index (χ1v) is 6.49. The van der Waals surface area contributed by atoms with E-state index in [1.54, 1.807) is 0 Å². The number of rotatable bonds is 3. The first kappa shape index (κ1) is 11.2. The van der Waals surface area contributed by atoms with E-state index in [2.05, 4.69) is 29.7 Å². The lowest BCUT2D eigenvalue weighted by Gasteiger charge is -2.27. The quantitative estimate of drug-likeness (QED) is 0.609. The first-order valence-electron chi connectivity index (χ1n) is 6.49. The third-order valence-electron chi connectivity index (χ3n) is 4.26. The van der Waals surface area contributed by atoms with Gasteiger partial charge < -0.3 is 4.74 Å². The lowest BCUT2D eigenvalue weighted by Crippen LogP contribution is -2.46. The summed E-state index contributed by atoms with van der Waals surface area (Å²) in [6.45, 7) is 1.75. The lowest BCUT2D eigenvalue weighted by atomic mass is 9.86. The van der Waals surface area contributed by atoms with Crippen molar-refractivity contribution in [2.24, 2.45) is 17.7 Å². The van der Waals surface area contributed by atoms with E-state index < -0.39 is 0 Å². The molecule has 3 N–H and O–H groups in total. The Morgan fingerprint density at radius 1 is 1.18 bits per heavy atom. The van der Waals surface area contributed by atoms with Gasteiger partial charge in [-0.05, 0) is 36.3 Å². The molecule has 1 aliphatic heterocycles. The van der Waals surface area contributed by atoms with E-state index in [1.807, 2.05) is 0 Å². The largest absolute Gasteiger partial charge is 0.381 e. The number of benzene rings is 1. The number of hydrogen-bond acceptors (Lipinski definition) is 3. The van der Waals surface area contributed by atoms with Crippen LogP contribution in [-0.2, 0) is 17.6 Å². The molecule has 3 heteroatoms. The summed E-state index contributed by atoms with van der Waals surface area (Å²) in [4.78, 5) is 0. The van der Waals surface area contributed by atoms with Crippen LogP contribution < -0.4 is 11.3 Å². The number of nitrogens with two attached hydrogens (primary N) is 1. The van der Waals surface area contributed by atoms with Crippen molar-refractivity contribution in [1.82, 2.24) is 5.43 Å².